The molecule has 1 heterocycles. The molecule has 0 saturated heterocycles. The lowest BCUT2D eigenvalue weighted by molar-refractivity contribution is 0.410. The van der Waals surface area contributed by atoms with E-state index in [1.54, 1.807) is 7.11 Å². The van der Waals surface area contributed by atoms with Gasteiger partial charge in [0, 0.05) is 11.9 Å². The average Bonchev–Trinajstić information content (AvgIpc) is 2.37. The van der Waals surface area contributed by atoms with Crippen LogP contribution in [0.5, 0.6) is 5.19 Å². The Hall–Kier alpha value is -0.610. The number of thiazole rings is 1. The van der Waals surface area contributed by atoms with Crippen molar-refractivity contribution in [1.82, 2.24) is 10.3 Å². The minimum atomic E-state index is 0.727. The molecule has 0 amide bonds. The molecule has 0 aliphatic rings. The quantitative estimate of drug-likeness (QED) is 0.708. The smallest absolute Gasteiger partial charge is 0.273 e. The van der Waals surface area contributed by atoms with Gasteiger partial charge in [-0.25, -0.2) is 4.98 Å². The van der Waals surface area contributed by atoms with E-state index in [9.17, 15) is 0 Å². The molecule has 1 aromatic heterocycles. The van der Waals surface area contributed by atoms with E-state index >= 15 is 0 Å². The van der Waals surface area contributed by atoms with Crippen LogP contribution in [-0.2, 0) is 6.54 Å². The second-order valence-electron chi connectivity index (χ2n) is 1.84. The number of aromatic nitrogens is 1. The fourth-order valence-corrected chi connectivity index (χ4v) is 1.28. The summed E-state index contributed by atoms with van der Waals surface area (Å²) >= 11 is 1.52. The average molecular weight is 158 g/mol. The highest BCUT2D eigenvalue weighted by Crippen LogP contribution is 2.16. The van der Waals surface area contributed by atoms with Gasteiger partial charge in [-0.05, 0) is 7.05 Å². The molecule has 10 heavy (non-hydrogen) atoms. The Balaban J connectivity index is 2.59. The topological polar surface area (TPSA) is 34.1 Å². The maximum Gasteiger partial charge on any atom is 0.273 e. The molecule has 0 spiro atoms. The van der Waals surface area contributed by atoms with Gasteiger partial charge in [0.1, 0.15) is 0 Å². The lowest BCUT2D eigenvalue weighted by Gasteiger charge is -1.90. The highest BCUT2D eigenvalue weighted by molar-refractivity contribution is 7.11. The van der Waals surface area contributed by atoms with Gasteiger partial charge in [0.05, 0.1) is 12.8 Å². The van der Waals surface area contributed by atoms with Crippen LogP contribution < -0.4 is 10.1 Å². The molecule has 0 aromatic carbocycles. The first-order valence-electron chi connectivity index (χ1n) is 3.00. The third-order valence-corrected chi connectivity index (χ3v) is 1.91. The third kappa shape index (κ3) is 1.68. The summed E-state index contributed by atoms with van der Waals surface area (Å²) in [6.07, 6.45) is 0. The van der Waals surface area contributed by atoms with Crippen molar-refractivity contribution in [2.24, 2.45) is 0 Å². The Morgan fingerprint density at radius 1 is 1.80 bits per heavy atom. The molecule has 0 aliphatic heterocycles. The first-order valence-corrected chi connectivity index (χ1v) is 3.87. The Bertz CT molecular complexity index is 199. The van der Waals surface area contributed by atoms with Crippen LogP contribution in [0.1, 0.15) is 5.69 Å². The van der Waals surface area contributed by atoms with E-state index in [4.69, 9.17) is 4.74 Å². The fourth-order valence-electron chi connectivity index (χ4n) is 0.644. The molecule has 56 valence electrons. The lowest BCUT2D eigenvalue weighted by Crippen LogP contribution is -2.04. The van der Waals surface area contributed by atoms with E-state index in [0.717, 1.165) is 17.4 Å². The molecule has 0 saturated carbocycles. The summed E-state index contributed by atoms with van der Waals surface area (Å²) in [6.45, 7) is 0.805. The molecule has 0 unspecified atom stereocenters. The monoisotopic (exact) mass is 158 g/mol. The standard InChI is InChI=1S/C6H10N2OS/c1-7-3-5-4-10-6(8-5)9-2/h4,7H,3H2,1-2H3. The van der Waals surface area contributed by atoms with Gasteiger partial charge in [0.25, 0.3) is 5.19 Å². The van der Waals surface area contributed by atoms with Crippen LogP contribution in [0.4, 0.5) is 0 Å². The van der Waals surface area contributed by atoms with Gasteiger partial charge in [-0.3, -0.25) is 0 Å². The largest absolute Gasteiger partial charge is 0.473 e. The molecule has 0 atom stereocenters. The summed E-state index contributed by atoms with van der Waals surface area (Å²) in [7, 11) is 3.52. The Kier molecular flexibility index (Phi) is 2.65. The molecule has 0 aliphatic carbocycles. The molecule has 1 aromatic rings. The highest BCUT2D eigenvalue weighted by Gasteiger charge is 1.98. The molecule has 0 fully saturated rings. The number of methoxy groups -OCH3 is 1. The summed E-state index contributed by atoms with van der Waals surface area (Å²) in [5.74, 6) is 0. The number of rotatable bonds is 3. The predicted octanol–water partition coefficient (Wildman–Crippen LogP) is 0.871. The van der Waals surface area contributed by atoms with Gasteiger partial charge in [0.2, 0.25) is 0 Å². The summed E-state index contributed by atoms with van der Waals surface area (Å²) < 4.78 is 4.92. The van der Waals surface area contributed by atoms with E-state index in [0.29, 0.717) is 0 Å². The van der Waals surface area contributed by atoms with Crippen molar-refractivity contribution in [3.05, 3.63) is 11.1 Å². The molecule has 0 bridgehead atoms. The number of nitrogens with zero attached hydrogens (tertiary/aromatic N) is 1. The number of hydrogen-bond acceptors (Lipinski definition) is 4. The fraction of sp³-hybridized carbons (Fsp3) is 0.500. The third-order valence-electron chi connectivity index (χ3n) is 1.06. The minimum absolute atomic E-state index is 0.727. The second-order valence-corrected chi connectivity index (χ2v) is 2.66. The first kappa shape index (κ1) is 7.50. The SMILES string of the molecule is CNCc1csc(OC)n1. The molecule has 3 nitrogen and oxygen atoms in total. The van der Waals surface area contributed by atoms with E-state index in [1.165, 1.54) is 11.3 Å². The van der Waals surface area contributed by atoms with Crippen LogP contribution in [0, 0.1) is 0 Å². The van der Waals surface area contributed by atoms with Crippen molar-refractivity contribution in [3.63, 3.8) is 0 Å². The van der Waals surface area contributed by atoms with Crippen molar-refractivity contribution in [2.45, 2.75) is 6.54 Å². The van der Waals surface area contributed by atoms with Gasteiger partial charge in [-0.1, -0.05) is 11.3 Å². The molecule has 4 heteroatoms. The van der Waals surface area contributed by atoms with Gasteiger partial charge in [0.15, 0.2) is 0 Å². The molecule has 1 rings (SSSR count). The van der Waals surface area contributed by atoms with Crippen LogP contribution in [0.25, 0.3) is 0 Å². The van der Waals surface area contributed by atoms with E-state index in [2.05, 4.69) is 10.3 Å². The summed E-state index contributed by atoms with van der Waals surface area (Å²) in [6, 6.07) is 0. The zero-order valence-corrected chi connectivity index (χ0v) is 6.86. The van der Waals surface area contributed by atoms with Crippen molar-refractivity contribution >= 4 is 11.3 Å². The van der Waals surface area contributed by atoms with Gasteiger partial charge in [-0.15, -0.1) is 0 Å². The minimum Gasteiger partial charge on any atom is -0.473 e. The maximum atomic E-state index is 4.92. The van der Waals surface area contributed by atoms with Crippen molar-refractivity contribution in [1.29, 1.82) is 0 Å². The van der Waals surface area contributed by atoms with Gasteiger partial charge >= 0.3 is 0 Å². The van der Waals surface area contributed by atoms with Crippen LogP contribution in [0.2, 0.25) is 0 Å². The zero-order chi connectivity index (χ0) is 7.40. The highest BCUT2D eigenvalue weighted by atomic mass is 32.1. The van der Waals surface area contributed by atoms with E-state index in [1.807, 2.05) is 12.4 Å². The number of ether oxygens (including phenoxy) is 1. The van der Waals surface area contributed by atoms with Gasteiger partial charge in [-0.2, -0.15) is 0 Å². The second kappa shape index (κ2) is 3.53. The molecular formula is C6H10N2OS. The number of hydrogen-bond donors (Lipinski definition) is 1. The Morgan fingerprint density at radius 3 is 3.10 bits per heavy atom. The van der Waals surface area contributed by atoms with E-state index < -0.39 is 0 Å². The van der Waals surface area contributed by atoms with Gasteiger partial charge < -0.3 is 10.1 Å². The summed E-state index contributed by atoms with van der Waals surface area (Å²) in [5.41, 5.74) is 1.03. The van der Waals surface area contributed by atoms with Crippen LogP contribution in [0.3, 0.4) is 0 Å². The zero-order valence-electron chi connectivity index (χ0n) is 6.05. The van der Waals surface area contributed by atoms with Crippen LogP contribution in [0.15, 0.2) is 5.38 Å². The Labute approximate surface area is 64.0 Å². The Morgan fingerprint density at radius 2 is 2.60 bits per heavy atom. The summed E-state index contributed by atoms with van der Waals surface area (Å²) in [4.78, 5) is 4.15. The maximum absolute atomic E-state index is 4.92. The van der Waals surface area contributed by atoms with Crippen LogP contribution in [-0.4, -0.2) is 19.1 Å². The van der Waals surface area contributed by atoms with E-state index in [-0.39, 0.29) is 0 Å². The molecule has 1 N–H and O–H groups in total. The lowest BCUT2D eigenvalue weighted by atomic mass is 10.5. The predicted molar refractivity (Wildman–Crippen MR) is 41.4 cm³/mol. The normalized spacial score (nSPS) is 9.80. The first-order chi connectivity index (χ1) is 4.86. The van der Waals surface area contributed by atoms with Crippen molar-refractivity contribution in [2.75, 3.05) is 14.2 Å². The number of nitrogens with one attached hydrogen (secondary N) is 1. The molecule has 0 radical (unpaired) electrons. The van der Waals surface area contributed by atoms with Crippen molar-refractivity contribution in [3.8, 4) is 5.19 Å². The summed E-state index contributed by atoms with van der Waals surface area (Å²) in [5, 5.41) is 5.72. The molecular weight excluding hydrogens is 148 g/mol. The van der Waals surface area contributed by atoms with Crippen LogP contribution >= 0.6 is 11.3 Å². The van der Waals surface area contributed by atoms with Crippen molar-refractivity contribution < 1.29 is 4.74 Å².